The van der Waals surface area contributed by atoms with Crippen molar-refractivity contribution in [3.8, 4) is 0 Å². The van der Waals surface area contributed by atoms with E-state index in [1.54, 1.807) is 4.90 Å². The van der Waals surface area contributed by atoms with Crippen LogP contribution in [0.25, 0.3) is 0 Å². The topological polar surface area (TPSA) is 75.0 Å². The number of halogens is 1. The largest absolute Gasteiger partial charge is 0.336 e. The van der Waals surface area contributed by atoms with Crippen molar-refractivity contribution in [3.63, 3.8) is 0 Å². The Morgan fingerprint density at radius 2 is 2.24 bits per heavy atom. The van der Waals surface area contributed by atoms with Gasteiger partial charge in [0.25, 0.3) is 5.91 Å². The van der Waals surface area contributed by atoms with Gasteiger partial charge in [0.1, 0.15) is 5.69 Å². The average molecular weight is 257 g/mol. The lowest BCUT2D eigenvalue weighted by molar-refractivity contribution is 0.0785. The Labute approximate surface area is 106 Å². The van der Waals surface area contributed by atoms with Gasteiger partial charge >= 0.3 is 0 Å². The predicted octanol–water partition coefficient (Wildman–Crippen LogP) is 0.882. The predicted molar refractivity (Wildman–Crippen MR) is 66.3 cm³/mol. The van der Waals surface area contributed by atoms with Gasteiger partial charge < -0.3 is 10.6 Å². The molecule has 0 aromatic carbocycles. The molecule has 1 atom stereocenters. The number of rotatable bonds is 2. The van der Waals surface area contributed by atoms with E-state index in [1.807, 2.05) is 6.07 Å². The molecule has 2 aliphatic rings. The fraction of sp³-hybridized carbons (Fsp3) is 0.636. The maximum atomic E-state index is 12.0. The number of nitrogens with two attached hydrogens (primary N) is 1. The highest BCUT2D eigenvalue weighted by Crippen LogP contribution is 2.39. The van der Waals surface area contributed by atoms with Crippen LogP contribution in [0.5, 0.6) is 0 Å². The molecule has 94 valence electrons. The Balaban J connectivity index is 0.00000108. The summed E-state index contributed by atoms with van der Waals surface area (Å²) in [6.45, 7) is 1.41. The molecule has 0 bridgehead atoms. The maximum Gasteiger partial charge on any atom is 0.274 e. The zero-order chi connectivity index (χ0) is 11.1. The molecule has 3 rings (SSSR count). The average Bonchev–Trinajstić information content (AvgIpc) is 2.86. The van der Waals surface area contributed by atoms with Crippen LogP contribution in [0.15, 0.2) is 6.07 Å². The maximum absolute atomic E-state index is 12.0. The van der Waals surface area contributed by atoms with Crippen molar-refractivity contribution in [1.82, 2.24) is 15.1 Å². The minimum Gasteiger partial charge on any atom is -0.336 e. The van der Waals surface area contributed by atoms with Gasteiger partial charge in [0.15, 0.2) is 0 Å². The number of aromatic amines is 1. The van der Waals surface area contributed by atoms with E-state index < -0.39 is 0 Å². The lowest BCUT2D eigenvalue weighted by atomic mass is 10.2. The molecular weight excluding hydrogens is 240 g/mol. The molecule has 3 N–H and O–H groups in total. The Kier molecular flexibility index (Phi) is 3.40. The Hall–Kier alpha value is -1.07. The SMILES string of the molecule is Cl.NC1CCN(C(=O)c2cc(C3CC3)[nH]n2)C1. The lowest BCUT2D eigenvalue weighted by Gasteiger charge is -2.13. The summed E-state index contributed by atoms with van der Waals surface area (Å²) in [5.41, 5.74) is 7.42. The number of aromatic nitrogens is 2. The molecule has 1 saturated carbocycles. The lowest BCUT2D eigenvalue weighted by Crippen LogP contribution is -2.32. The molecule has 0 radical (unpaired) electrons. The number of nitrogens with one attached hydrogen (secondary N) is 1. The van der Waals surface area contributed by atoms with Gasteiger partial charge in [-0.05, 0) is 25.3 Å². The summed E-state index contributed by atoms with van der Waals surface area (Å²) >= 11 is 0. The van der Waals surface area contributed by atoms with Crippen LogP contribution in [0.4, 0.5) is 0 Å². The monoisotopic (exact) mass is 256 g/mol. The molecule has 1 amide bonds. The number of carbonyl (C=O) groups is 1. The Bertz CT molecular complexity index is 415. The van der Waals surface area contributed by atoms with Crippen LogP contribution in [-0.4, -0.2) is 40.1 Å². The van der Waals surface area contributed by atoms with Gasteiger partial charge in [0.2, 0.25) is 0 Å². The zero-order valence-corrected chi connectivity index (χ0v) is 10.4. The number of nitrogens with zero attached hydrogens (tertiary/aromatic N) is 2. The standard InChI is InChI=1S/C11H16N4O.ClH/c12-8-3-4-15(6-8)11(16)10-5-9(13-14-10)7-1-2-7;/h5,7-8H,1-4,6,12H2,(H,13,14);1H. The molecule has 17 heavy (non-hydrogen) atoms. The second kappa shape index (κ2) is 4.66. The second-order valence-electron chi connectivity index (χ2n) is 4.78. The highest BCUT2D eigenvalue weighted by Gasteiger charge is 2.29. The number of likely N-dealkylation sites (tertiary alicyclic amines) is 1. The van der Waals surface area contributed by atoms with Crippen molar-refractivity contribution in [3.05, 3.63) is 17.5 Å². The highest BCUT2D eigenvalue weighted by atomic mass is 35.5. The molecule has 5 nitrogen and oxygen atoms in total. The third kappa shape index (κ3) is 2.45. The minimum absolute atomic E-state index is 0. The molecule has 6 heteroatoms. The second-order valence-corrected chi connectivity index (χ2v) is 4.78. The van der Waals surface area contributed by atoms with E-state index in [2.05, 4.69) is 10.2 Å². The summed E-state index contributed by atoms with van der Waals surface area (Å²) < 4.78 is 0. The quantitative estimate of drug-likeness (QED) is 0.825. The van der Waals surface area contributed by atoms with Crippen molar-refractivity contribution in [1.29, 1.82) is 0 Å². The number of carbonyl (C=O) groups excluding carboxylic acids is 1. The highest BCUT2D eigenvalue weighted by molar-refractivity contribution is 5.92. The van der Waals surface area contributed by atoms with Crippen molar-refractivity contribution < 1.29 is 4.79 Å². The van der Waals surface area contributed by atoms with Gasteiger partial charge in [-0.15, -0.1) is 12.4 Å². The van der Waals surface area contributed by atoms with Crippen LogP contribution in [-0.2, 0) is 0 Å². The van der Waals surface area contributed by atoms with Crippen LogP contribution < -0.4 is 5.73 Å². The Morgan fingerprint density at radius 1 is 1.47 bits per heavy atom. The van der Waals surface area contributed by atoms with E-state index in [1.165, 1.54) is 12.8 Å². The van der Waals surface area contributed by atoms with E-state index in [4.69, 9.17) is 5.73 Å². The molecule has 0 spiro atoms. The van der Waals surface area contributed by atoms with Crippen molar-refractivity contribution >= 4 is 18.3 Å². The molecule has 1 aromatic heterocycles. The van der Waals surface area contributed by atoms with Crippen LogP contribution in [0.2, 0.25) is 0 Å². The van der Waals surface area contributed by atoms with E-state index >= 15 is 0 Å². The molecule has 1 aromatic rings. The van der Waals surface area contributed by atoms with Crippen LogP contribution in [0, 0.1) is 0 Å². The molecule has 2 heterocycles. The van der Waals surface area contributed by atoms with Gasteiger partial charge in [-0.1, -0.05) is 0 Å². The van der Waals surface area contributed by atoms with Crippen molar-refractivity contribution in [2.45, 2.75) is 31.2 Å². The molecule has 1 aliphatic carbocycles. The summed E-state index contributed by atoms with van der Waals surface area (Å²) in [4.78, 5) is 13.8. The molecule has 2 fully saturated rings. The minimum atomic E-state index is 0. The van der Waals surface area contributed by atoms with Gasteiger partial charge in [0, 0.05) is 30.7 Å². The number of H-pyrrole nitrogens is 1. The summed E-state index contributed by atoms with van der Waals surface area (Å²) in [6.07, 6.45) is 3.32. The normalized spacial score (nSPS) is 23.6. The first-order valence-electron chi connectivity index (χ1n) is 5.84. The van der Waals surface area contributed by atoms with Crippen LogP contribution in [0.1, 0.15) is 41.4 Å². The molecule has 1 saturated heterocycles. The first-order chi connectivity index (χ1) is 7.74. The summed E-state index contributed by atoms with van der Waals surface area (Å²) in [5.74, 6) is 0.617. The number of hydrogen-bond donors (Lipinski definition) is 2. The van der Waals surface area contributed by atoms with Gasteiger partial charge in [-0.25, -0.2) is 0 Å². The van der Waals surface area contributed by atoms with E-state index in [0.717, 1.165) is 18.7 Å². The first-order valence-corrected chi connectivity index (χ1v) is 5.84. The van der Waals surface area contributed by atoms with E-state index in [9.17, 15) is 4.79 Å². The van der Waals surface area contributed by atoms with Gasteiger partial charge in [-0.3, -0.25) is 9.89 Å². The van der Waals surface area contributed by atoms with Crippen molar-refractivity contribution in [2.24, 2.45) is 5.73 Å². The smallest absolute Gasteiger partial charge is 0.274 e. The third-order valence-electron chi connectivity index (χ3n) is 3.35. The Morgan fingerprint density at radius 3 is 2.82 bits per heavy atom. The van der Waals surface area contributed by atoms with Crippen LogP contribution in [0.3, 0.4) is 0 Å². The fourth-order valence-corrected chi connectivity index (χ4v) is 2.18. The third-order valence-corrected chi connectivity index (χ3v) is 3.35. The van der Waals surface area contributed by atoms with E-state index in [-0.39, 0.29) is 24.4 Å². The summed E-state index contributed by atoms with van der Waals surface area (Å²) in [5, 5.41) is 7.04. The van der Waals surface area contributed by atoms with Gasteiger partial charge in [0.05, 0.1) is 0 Å². The zero-order valence-electron chi connectivity index (χ0n) is 9.56. The van der Waals surface area contributed by atoms with Crippen LogP contribution >= 0.6 is 12.4 Å². The molecular formula is C11H17ClN4O. The van der Waals surface area contributed by atoms with Crippen molar-refractivity contribution in [2.75, 3.05) is 13.1 Å². The number of hydrogen-bond acceptors (Lipinski definition) is 3. The van der Waals surface area contributed by atoms with Gasteiger partial charge in [-0.2, -0.15) is 5.10 Å². The molecule has 1 aliphatic heterocycles. The first kappa shape index (κ1) is 12.4. The molecule has 1 unspecified atom stereocenters. The summed E-state index contributed by atoms with van der Waals surface area (Å²) in [7, 11) is 0. The summed E-state index contributed by atoms with van der Waals surface area (Å²) in [6, 6.07) is 2.02. The fourth-order valence-electron chi connectivity index (χ4n) is 2.18. The number of amides is 1. The van der Waals surface area contributed by atoms with E-state index in [0.29, 0.717) is 18.2 Å².